The van der Waals surface area contributed by atoms with E-state index < -0.39 is 9.84 Å². The monoisotopic (exact) mass is 351 g/mol. The van der Waals surface area contributed by atoms with E-state index in [9.17, 15) is 8.42 Å². The summed E-state index contributed by atoms with van der Waals surface area (Å²) in [6, 6.07) is 6.67. The number of hydrogen-bond acceptors (Lipinski definition) is 5. The Labute approximate surface area is 140 Å². The van der Waals surface area contributed by atoms with Crippen molar-refractivity contribution in [2.75, 3.05) is 25.2 Å². The number of benzene rings is 1. The molecule has 0 radical (unpaired) electrons. The first-order valence-corrected chi connectivity index (χ1v) is 10.5. The van der Waals surface area contributed by atoms with Crippen LogP contribution < -0.4 is 4.67 Å². The van der Waals surface area contributed by atoms with E-state index in [1.54, 1.807) is 30.5 Å². The van der Waals surface area contributed by atoms with E-state index in [0.29, 0.717) is 34.9 Å². The molecule has 0 unspecified atom stereocenters. The highest BCUT2D eigenvalue weighted by Gasteiger charge is 2.23. The average Bonchev–Trinajstić information content (AvgIpc) is 3.06. The third kappa shape index (κ3) is 4.25. The molecule has 0 bridgehead atoms. The third-order valence-corrected chi connectivity index (χ3v) is 6.22. The number of nitrogens with zero attached hydrogens (tertiary/aromatic N) is 2. The lowest BCUT2D eigenvalue weighted by atomic mass is 10.1. The van der Waals surface area contributed by atoms with Gasteiger partial charge in [-0.25, -0.2) is 8.42 Å². The highest BCUT2D eigenvalue weighted by molar-refractivity contribution is 8.00. The van der Waals surface area contributed by atoms with Crippen molar-refractivity contribution in [1.82, 2.24) is 4.67 Å². The van der Waals surface area contributed by atoms with Gasteiger partial charge in [0.1, 0.15) is 12.8 Å². The molecule has 23 heavy (non-hydrogen) atoms. The number of ether oxygens (including phenoxy) is 1. The van der Waals surface area contributed by atoms with Crippen molar-refractivity contribution >= 4 is 39.4 Å². The second-order valence-electron chi connectivity index (χ2n) is 5.60. The Bertz CT molecular complexity index is 770. The Morgan fingerprint density at radius 1 is 1.35 bits per heavy atom. The number of hydrogen-bond donors (Lipinski definition) is 0. The van der Waals surface area contributed by atoms with Gasteiger partial charge in [-0.05, 0) is 47.5 Å². The zero-order chi connectivity index (χ0) is 16.3. The van der Waals surface area contributed by atoms with Gasteiger partial charge in [0.15, 0.2) is 16.4 Å². The van der Waals surface area contributed by atoms with Crippen LogP contribution in [0.3, 0.4) is 0 Å². The molecule has 1 aromatic rings. The molecular formula is C16H19N2O3S2+. The van der Waals surface area contributed by atoms with Crippen molar-refractivity contribution in [3.05, 3.63) is 29.8 Å². The molecule has 122 valence electrons. The van der Waals surface area contributed by atoms with E-state index in [2.05, 4.69) is 9.66 Å². The molecule has 2 heterocycles. The van der Waals surface area contributed by atoms with Crippen LogP contribution in [0.4, 0.5) is 0 Å². The fourth-order valence-electron chi connectivity index (χ4n) is 2.46. The predicted octanol–water partition coefficient (Wildman–Crippen LogP) is 1.34. The van der Waals surface area contributed by atoms with Crippen LogP contribution in [0.25, 0.3) is 0 Å². The van der Waals surface area contributed by atoms with Gasteiger partial charge >= 0.3 is 11.6 Å². The predicted molar refractivity (Wildman–Crippen MR) is 95.6 cm³/mol. The Morgan fingerprint density at radius 2 is 2.13 bits per heavy atom. The normalized spacial score (nSPS) is 21.0. The first kappa shape index (κ1) is 16.3. The quantitative estimate of drug-likeness (QED) is 0.768. The minimum atomic E-state index is -3.18. The van der Waals surface area contributed by atoms with Crippen LogP contribution in [0, 0.1) is 0 Å². The SMILES string of the molecule is CS(=O)(=O)c1ccc(C2=[N+]=C(OC[C@@H]3CCCS3)CN=C2)cc1. The average molecular weight is 351 g/mol. The molecule has 0 amide bonds. The van der Waals surface area contributed by atoms with E-state index in [4.69, 9.17) is 4.74 Å². The van der Waals surface area contributed by atoms with Gasteiger partial charge in [0.25, 0.3) is 0 Å². The molecule has 1 atom stereocenters. The highest BCUT2D eigenvalue weighted by Crippen LogP contribution is 2.26. The molecular weight excluding hydrogens is 332 g/mol. The maximum absolute atomic E-state index is 11.5. The molecule has 1 aromatic carbocycles. The molecule has 0 saturated carbocycles. The minimum Gasteiger partial charge on any atom is -0.433 e. The van der Waals surface area contributed by atoms with Gasteiger partial charge in [0, 0.05) is 11.5 Å². The molecule has 5 nitrogen and oxygen atoms in total. The minimum absolute atomic E-state index is 0.299. The molecule has 0 N–H and O–H groups in total. The maximum atomic E-state index is 11.5. The Kier molecular flexibility index (Phi) is 4.90. The standard InChI is InChI=1S/C16H19N2O3S2/c1-23(19,20)14-6-4-12(5-7-14)15-9-17-10-16(18-15)21-11-13-3-2-8-22-13/h4-7,9,13H,2-3,8,10-11H2,1H3/q+1/t13-/m0/s1. The zero-order valence-corrected chi connectivity index (χ0v) is 14.6. The maximum Gasteiger partial charge on any atom is 0.484 e. The van der Waals surface area contributed by atoms with Crippen molar-refractivity contribution in [3.8, 4) is 0 Å². The van der Waals surface area contributed by atoms with E-state index in [-0.39, 0.29) is 0 Å². The van der Waals surface area contributed by atoms with Crippen LogP contribution >= 0.6 is 11.8 Å². The van der Waals surface area contributed by atoms with Crippen LogP contribution in [-0.2, 0) is 14.6 Å². The fraction of sp³-hybridized carbons (Fsp3) is 0.438. The summed E-state index contributed by atoms with van der Waals surface area (Å²) >= 11 is 1.95. The van der Waals surface area contributed by atoms with Crippen LogP contribution in [0.2, 0.25) is 0 Å². The van der Waals surface area contributed by atoms with E-state index in [1.165, 1.54) is 24.9 Å². The summed E-state index contributed by atoms with van der Waals surface area (Å²) in [6.45, 7) is 1.14. The van der Waals surface area contributed by atoms with Crippen molar-refractivity contribution in [2.45, 2.75) is 23.0 Å². The molecule has 1 saturated heterocycles. The zero-order valence-electron chi connectivity index (χ0n) is 12.9. The molecule has 7 heteroatoms. The lowest BCUT2D eigenvalue weighted by Crippen LogP contribution is -2.24. The number of rotatable bonds is 4. The van der Waals surface area contributed by atoms with Gasteiger partial charge < -0.3 is 4.74 Å². The molecule has 0 spiro atoms. The molecule has 0 aromatic heterocycles. The summed E-state index contributed by atoms with van der Waals surface area (Å²) in [4.78, 5) is 4.59. The summed E-state index contributed by atoms with van der Waals surface area (Å²) in [7, 11) is -3.18. The smallest absolute Gasteiger partial charge is 0.433 e. The summed E-state index contributed by atoms with van der Waals surface area (Å²) in [5.74, 6) is 1.84. The van der Waals surface area contributed by atoms with Crippen LogP contribution in [-0.4, -0.2) is 56.7 Å². The van der Waals surface area contributed by atoms with Gasteiger partial charge in [0.2, 0.25) is 0 Å². The van der Waals surface area contributed by atoms with Crippen LogP contribution in [0.1, 0.15) is 18.4 Å². The largest absolute Gasteiger partial charge is 0.484 e. The first-order chi connectivity index (χ1) is 11.0. The Hall–Kier alpha value is -1.56. The second-order valence-corrected chi connectivity index (χ2v) is 9.03. The lowest BCUT2D eigenvalue weighted by molar-refractivity contribution is 0.296. The summed E-state index contributed by atoms with van der Waals surface area (Å²) in [6.07, 6.45) is 5.35. The molecule has 2 aliphatic heterocycles. The molecule has 0 aliphatic carbocycles. The summed E-state index contributed by atoms with van der Waals surface area (Å²) < 4.78 is 33.3. The number of thioether (sulfide) groups is 1. The second kappa shape index (κ2) is 6.91. The topological polar surface area (TPSA) is 69.8 Å². The van der Waals surface area contributed by atoms with Gasteiger partial charge in [0.05, 0.1) is 10.5 Å². The Morgan fingerprint density at radius 3 is 2.78 bits per heavy atom. The molecule has 1 fully saturated rings. The Balaban J connectivity index is 1.77. The fourth-order valence-corrected chi connectivity index (χ4v) is 4.26. The molecule has 2 aliphatic rings. The van der Waals surface area contributed by atoms with Gasteiger partial charge in [-0.15, -0.1) is 0 Å². The lowest BCUT2D eigenvalue weighted by Gasteiger charge is -2.06. The number of sulfone groups is 1. The van der Waals surface area contributed by atoms with Gasteiger partial charge in [-0.2, -0.15) is 11.8 Å². The van der Waals surface area contributed by atoms with Crippen molar-refractivity contribution in [1.29, 1.82) is 0 Å². The highest BCUT2D eigenvalue weighted by atomic mass is 32.2. The van der Waals surface area contributed by atoms with Gasteiger partial charge in [-0.3, -0.25) is 4.99 Å². The van der Waals surface area contributed by atoms with Crippen LogP contribution in [0.15, 0.2) is 34.2 Å². The van der Waals surface area contributed by atoms with E-state index >= 15 is 0 Å². The van der Waals surface area contributed by atoms with Gasteiger partial charge in [-0.1, -0.05) is 0 Å². The van der Waals surface area contributed by atoms with Crippen molar-refractivity contribution in [3.63, 3.8) is 0 Å². The summed E-state index contributed by atoms with van der Waals surface area (Å²) in [5.41, 5.74) is 1.53. The first-order valence-electron chi connectivity index (χ1n) is 7.51. The van der Waals surface area contributed by atoms with Crippen LogP contribution in [0.5, 0.6) is 0 Å². The van der Waals surface area contributed by atoms with Crippen molar-refractivity contribution < 1.29 is 13.2 Å². The van der Waals surface area contributed by atoms with Crippen molar-refractivity contribution in [2.24, 2.45) is 4.99 Å². The van der Waals surface area contributed by atoms with E-state index in [0.717, 1.165) is 5.56 Å². The summed E-state index contributed by atoms with van der Waals surface area (Å²) in [5, 5.41) is 0.557. The molecule has 3 rings (SSSR count). The number of aliphatic imine (C=N–C) groups is 1. The third-order valence-electron chi connectivity index (χ3n) is 3.72. The van der Waals surface area contributed by atoms with E-state index in [1.807, 2.05) is 11.8 Å².